The van der Waals surface area contributed by atoms with E-state index in [0.29, 0.717) is 6.29 Å². The molecule has 2 aliphatic rings. The largest absolute Gasteiger partial charge is 0.488 e. The Bertz CT molecular complexity index is 995. The third-order valence-electron chi connectivity index (χ3n) is 5.60. The third kappa shape index (κ3) is 1.82. The fourth-order valence-corrected chi connectivity index (χ4v) is 4.02. The number of hydrogen-bond donors (Lipinski definition) is 0. The summed E-state index contributed by atoms with van der Waals surface area (Å²) in [5.41, 5.74) is -2.49. The van der Waals surface area contributed by atoms with Crippen molar-refractivity contribution in [1.82, 2.24) is 4.57 Å². The molecule has 0 radical (unpaired) electrons. The lowest BCUT2D eigenvalue weighted by Crippen LogP contribution is -2.47. The highest BCUT2D eigenvalue weighted by molar-refractivity contribution is 5.98. The van der Waals surface area contributed by atoms with Crippen molar-refractivity contribution in [1.29, 1.82) is 0 Å². The van der Waals surface area contributed by atoms with Crippen LogP contribution in [-0.2, 0) is 5.54 Å². The Morgan fingerprint density at radius 1 is 1.36 bits per heavy atom. The monoisotopic (exact) mass is 348 g/mol. The number of aromatic nitrogens is 1. The van der Waals surface area contributed by atoms with E-state index in [0.717, 1.165) is 19.3 Å². The van der Waals surface area contributed by atoms with Crippen LogP contribution in [0.4, 0.5) is 14.5 Å². The van der Waals surface area contributed by atoms with Gasteiger partial charge in [-0.15, -0.1) is 4.91 Å². The van der Waals surface area contributed by atoms with Gasteiger partial charge in [0.05, 0.1) is 23.1 Å². The quantitative estimate of drug-likeness (QED) is 0.616. The Morgan fingerprint density at radius 3 is 2.64 bits per heavy atom. The van der Waals surface area contributed by atoms with Gasteiger partial charge in [-0.25, -0.2) is 4.39 Å². The molecular weight excluding hydrogens is 334 g/mol. The van der Waals surface area contributed by atoms with E-state index in [1.165, 1.54) is 6.20 Å². The van der Waals surface area contributed by atoms with Crippen molar-refractivity contribution >= 4 is 22.9 Å². The van der Waals surface area contributed by atoms with Crippen LogP contribution in [0.2, 0.25) is 0 Å². The first-order chi connectivity index (χ1) is 12.0. The molecule has 0 saturated heterocycles. The molecule has 1 atom stereocenters. The summed E-state index contributed by atoms with van der Waals surface area (Å²) < 4.78 is 35.9. The summed E-state index contributed by atoms with van der Waals surface area (Å²) in [6.07, 6.45) is 4.12. The van der Waals surface area contributed by atoms with Crippen molar-refractivity contribution in [3.05, 3.63) is 38.5 Å². The van der Waals surface area contributed by atoms with Gasteiger partial charge in [0.1, 0.15) is 5.52 Å². The van der Waals surface area contributed by atoms with Crippen LogP contribution in [0.15, 0.2) is 16.2 Å². The van der Waals surface area contributed by atoms with E-state index >= 15 is 0 Å². The molecule has 1 unspecified atom stereocenters. The maximum atomic E-state index is 14.5. The van der Waals surface area contributed by atoms with Crippen molar-refractivity contribution < 1.29 is 18.3 Å². The minimum absolute atomic E-state index is 0.00634. The minimum Gasteiger partial charge on any atom is -0.488 e. The predicted molar refractivity (Wildman–Crippen MR) is 85.5 cm³/mol. The average molecular weight is 348 g/mol. The van der Waals surface area contributed by atoms with Crippen LogP contribution in [-0.4, -0.2) is 17.5 Å². The highest BCUT2D eigenvalue weighted by Crippen LogP contribution is 2.51. The van der Waals surface area contributed by atoms with Crippen LogP contribution < -0.4 is 10.2 Å². The molecule has 0 amide bonds. The van der Waals surface area contributed by atoms with Gasteiger partial charge in [0, 0.05) is 12.1 Å². The number of benzene rings is 1. The molecule has 0 bridgehead atoms. The number of nitrogens with zero attached hydrogens (tertiary/aromatic N) is 2. The van der Waals surface area contributed by atoms with Gasteiger partial charge in [-0.3, -0.25) is 9.59 Å². The Hall–Kier alpha value is -2.64. The number of fused-ring (bicyclic) bond motifs is 1. The zero-order valence-corrected chi connectivity index (χ0v) is 13.3. The third-order valence-corrected chi connectivity index (χ3v) is 5.60. The van der Waals surface area contributed by atoms with Crippen LogP contribution in [0.25, 0.3) is 10.9 Å². The van der Waals surface area contributed by atoms with Crippen LogP contribution in [0.5, 0.6) is 5.75 Å². The Labute approximate surface area is 140 Å². The summed E-state index contributed by atoms with van der Waals surface area (Å²) in [5, 5.41) is 2.12. The number of carbonyl (C=O) groups is 1. The van der Waals surface area contributed by atoms with Crippen molar-refractivity contribution in [3.63, 3.8) is 0 Å². The zero-order valence-electron chi connectivity index (χ0n) is 13.3. The zero-order chi connectivity index (χ0) is 17.9. The van der Waals surface area contributed by atoms with Crippen LogP contribution in [0, 0.1) is 22.5 Å². The Morgan fingerprint density at radius 2 is 2.08 bits per heavy atom. The predicted octanol–water partition coefficient (Wildman–Crippen LogP) is 3.40. The van der Waals surface area contributed by atoms with Gasteiger partial charge in [-0.1, -0.05) is 6.92 Å². The lowest BCUT2D eigenvalue weighted by atomic mass is 9.68. The summed E-state index contributed by atoms with van der Waals surface area (Å²) >= 11 is 0. The maximum absolute atomic E-state index is 14.5. The molecule has 1 spiro atoms. The molecule has 1 aromatic heterocycles. The molecule has 2 heterocycles. The van der Waals surface area contributed by atoms with E-state index in [1.807, 2.05) is 6.92 Å². The molecule has 1 aromatic carbocycles. The molecule has 25 heavy (non-hydrogen) atoms. The van der Waals surface area contributed by atoms with Gasteiger partial charge in [-0.05, 0) is 24.4 Å². The Kier molecular flexibility index (Phi) is 3.28. The van der Waals surface area contributed by atoms with E-state index in [4.69, 9.17) is 4.74 Å². The van der Waals surface area contributed by atoms with Crippen LogP contribution in [0.3, 0.4) is 0 Å². The van der Waals surface area contributed by atoms with Gasteiger partial charge in [0.2, 0.25) is 11.2 Å². The first-order valence-corrected chi connectivity index (χ1v) is 7.98. The van der Waals surface area contributed by atoms with Crippen molar-refractivity contribution in [2.45, 2.75) is 31.7 Å². The van der Waals surface area contributed by atoms with Gasteiger partial charge in [-0.2, -0.15) is 4.39 Å². The van der Waals surface area contributed by atoms with E-state index < -0.39 is 39.4 Å². The number of carbonyl (C=O) groups excluding carboxylic acids is 1. The molecule has 1 fully saturated rings. The van der Waals surface area contributed by atoms with Crippen molar-refractivity contribution in [2.75, 3.05) is 6.61 Å². The lowest BCUT2D eigenvalue weighted by Gasteiger charge is -2.47. The van der Waals surface area contributed by atoms with Gasteiger partial charge < -0.3 is 9.30 Å². The normalized spacial score (nSPS) is 20.7. The standard InChI is InChI=1S/C17H14F2N2O4/c1-8-7-25-16-12(19)11(18)13(20-24)10-14(16)21(17(8)3-2-4-17)5-9(6-22)15(10)23/h5-6,8H,2-4,7H2,1H3. The minimum atomic E-state index is -1.54. The number of ether oxygens (including phenoxy) is 1. The highest BCUT2D eigenvalue weighted by atomic mass is 19.2. The summed E-state index contributed by atoms with van der Waals surface area (Å²) in [7, 11) is 0. The first kappa shape index (κ1) is 15.9. The summed E-state index contributed by atoms with van der Waals surface area (Å²) in [6, 6.07) is 0. The smallest absolute Gasteiger partial charge is 0.205 e. The van der Waals surface area contributed by atoms with Crippen molar-refractivity contribution in [3.8, 4) is 5.75 Å². The van der Waals surface area contributed by atoms with Crippen molar-refractivity contribution in [2.24, 2.45) is 11.1 Å². The fourth-order valence-electron chi connectivity index (χ4n) is 4.02. The molecular formula is C17H14F2N2O4. The molecule has 6 nitrogen and oxygen atoms in total. The number of pyridine rings is 1. The van der Waals surface area contributed by atoms with Crippen LogP contribution in [0.1, 0.15) is 36.5 Å². The number of halogens is 2. The number of aldehydes is 1. The van der Waals surface area contributed by atoms with E-state index in [-0.39, 0.29) is 23.6 Å². The molecule has 1 aliphatic carbocycles. The summed E-state index contributed by atoms with van der Waals surface area (Å²) in [4.78, 5) is 35.1. The molecule has 1 saturated carbocycles. The topological polar surface area (TPSA) is 77.7 Å². The molecule has 8 heteroatoms. The SMILES string of the molecule is CC1COc2c(F)c(F)c(N=O)c3c(=O)c(C=O)cn(c23)C12CCC2. The second-order valence-corrected chi connectivity index (χ2v) is 6.69. The molecule has 0 N–H and O–H groups in total. The van der Waals surface area contributed by atoms with E-state index in [9.17, 15) is 23.3 Å². The number of hydrogen-bond acceptors (Lipinski definition) is 5. The Balaban J connectivity index is 2.29. The van der Waals surface area contributed by atoms with E-state index in [1.54, 1.807) is 4.57 Å². The number of nitroso groups, excluding NO2 is 1. The fraction of sp³-hybridized carbons (Fsp3) is 0.412. The second-order valence-electron chi connectivity index (χ2n) is 6.69. The summed E-state index contributed by atoms with van der Waals surface area (Å²) in [5.74, 6) is -3.36. The lowest BCUT2D eigenvalue weighted by molar-refractivity contribution is 0.0527. The maximum Gasteiger partial charge on any atom is 0.205 e. The summed E-state index contributed by atoms with van der Waals surface area (Å²) in [6.45, 7) is 2.05. The average Bonchev–Trinajstić information content (AvgIpc) is 2.69. The highest BCUT2D eigenvalue weighted by Gasteiger charge is 2.47. The molecule has 2 aromatic rings. The second kappa shape index (κ2) is 5.18. The van der Waals surface area contributed by atoms with Crippen LogP contribution >= 0.6 is 0 Å². The van der Waals surface area contributed by atoms with Gasteiger partial charge >= 0.3 is 0 Å². The first-order valence-electron chi connectivity index (χ1n) is 7.98. The van der Waals surface area contributed by atoms with E-state index in [2.05, 4.69) is 5.18 Å². The molecule has 130 valence electrons. The molecule has 4 rings (SSSR count). The molecule has 1 aliphatic heterocycles. The van der Waals surface area contributed by atoms with Gasteiger partial charge in [0.25, 0.3) is 0 Å². The van der Waals surface area contributed by atoms with Gasteiger partial charge in [0.15, 0.2) is 23.5 Å². The number of rotatable bonds is 2.